The summed E-state index contributed by atoms with van der Waals surface area (Å²) in [4.78, 5) is 9.20. The first kappa shape index (κ1) is 34.1. The summed E-state index contributed by atoms with van der Waals surface area (Å²) >= 11 is 6.51. The second-order valence-electron chi connectivity index (χ2n) is 10.9. The zero-order valence-corrected chi connectivity index (χ0v) is 25.7. The summed E-state index contributed by atoms with van der Waals surface area (Å²) in [7, 11) is -5.35. The van der Waals surface area contributed by atoms with E-state index >= 15 is 0 Å². The number of nitriles is 1. The molecule has 0 amide bonds. The minimum Gasteiger partial charge on any atom is -0.381 e. The van der Waals surface area contributed by atoms with Crippen LogP contribution < -0.4 is 20.7 Å². The number of aromatic nitrogens is 2. The van der Waals surface area contributed by atoms with Crippen molar-refractivity contribution in [1.82, 2.24) is 20.0 Å². The SMILES string of the molecule is N#CC1(CNc2cccc(-c3cc(NC4CCC(NCCOCCNS(=O)(=O)C(F)(F)F)CC4)ncc3Cl)n2)CCOCC1. The van der Waals surface area contributed by atoms with Gasteiger partial charge in [-0.3, -0.25) is 0 Å². The fraction of sp³-hybridized carbons (Fsp3) is 0.607. The van der Waals surface area contributed by atoms with Crippen molar-refractivity contribution >= 4 is 33.3 Å². The average molecular weight is 660 g/mol. The van der Waals surface area contributed by atoms with Gasteiger partial charge < -0.3 is 25.4 Å². The maximum absolute atomic E-state index is 12.3. The van der Waals surface area contributed by atoms with E-state index in [9.17, 15) is 26.9 Å². The molecule has 2 aliphatic rings. The van der Waals surface area contributed by atoms with E-state index in [0.717, 1.165) is 31.2 Å². The zero-order valence-electron chi connectivity index (χ0n) is 24.1. The van der Waals surface area contributed by atoms with Crippen LogP contribution in [0.3, 0.4) is 0 Å². The van der Waals surface area contributed by atoms with Crippen LogP contribution >= 0.6 is 11.6 Å². The molecule has 1 saturated carbocycles. The Labute approximate surface area is 260 Å². The average Bonchev–Trinajstić information content (AvgIpc) is 3.01. The lowest BCUT2D eigenvalue weighted by atomic mass is 9.82. The largest absolute Gasteiger partial charge is 0.511 e. The molecule has 1 aliphatic heterocycles. The molecular formula is C28H37ClF3N7O4S. The monoisotopic (exact) mass is 659 g/mol. The smallest absolute Gasteiger partial charge is 0.381 e. The highest BCUT2D eigenvalue weighted by Crippen LogP contribution is 2.32. The summed E-state index contributed by atoms with van der Waals surface area (Å²) < 4.78 is 70.9. The highest BCUT2D eigenvalue weighted by atomic mass is 35.5. The fourth-order valence-corrected chi connectivity index (χ4v) is 5.88. The number of rotatable bonds is 14. The number of ether oxygens (including phenoxy) is 2. The molecule has 11 nitrogen and oxygen atoms in total. The molecule has 4 rings (SSSR count). The molecule has 242 valence electrons. The number of sulfonamides is 1. The molecule has 1 saturated heterocycles. The van der Waals surface area contributed by atoms with E-state index in [-0.39, 0.29) is 25.3 Å². The summed E-state index contributed by atoms with van der Waals surface area (Å²) in [5, 5.41) is 20.4. The van der Waals surface area contributed by atoms with Crippen molar-refractivity contribution in [2.75, 3.05) is 56.7 Å². The van der Waals surface area contributed by atoms with Gasteiger partial charge in [0, 0.05) is 56.7 Å². The molecule has 4 N–H and O–H groups in total. The van der Waals surface area contributed by atoms with Crippen LogP contribution in [-0.4, -0.2) is 82.0 Å². The van der Waals surface area contributed by atoms with Crippen molar-refractivity contribution in [2.24, 2.45) is 5.41 Å². The number of anilines is 2. The number of pyridine rings is 2. The fourth-order valence-electron chi connectivity index (χ4n) is 5.17. The first-order valence-corrected chi connectivity index (χ1v) is 16.4. The summed E-state index contributed by atoms with van der Waals surface area (Å²) in [5.41, 5.74) is -4.37. The van der Waals surface area contributed by atoms with Gasteiger partial charge in [-0.1, -0.05) is 17.7 Å². The minimum absolute atomic E-state index is 0.155. The van der Waals surface area contributed by atoms with E-state index in [1.54, 1.807) is 6.20 Å². The molecule has 2 fully saturated rings. The van der Waals surface area contributed by atoms with Gasteiger partial charge in [0.25, 0.3) is 0 Å². The summed E-state index contributed by atoms with van der Waals surface area (Å²) in [6.07, 6.45) is 6.59. The van der Waals surface area contributed by atoms with Gasteiger partial charge in [0.05, 0.1) is 35.4 Å². The van der Waals surface area contributed by atoms with Crippen LogP contribution in [0.4, 0.5) is 24.8 Å². The Morgan fingerprint density at radius 1 is 1.09 bits per heavy atom. The predicted molar refractivity (Wildman–Crippen MR) is 161 cm³/mol. The molecule has 0 spiro atoms. The zero-order chi connectivity index (χ0) is 31.6. The molecule has 0 atom stereocenters. The van der Waals surface area contributed by atoms with E-state index < -0.39 is 27.5 Å². The standard InChI is InChI=1S/C28H37ClF3N7O4S/c29-23-17-35-26(16-22(23)24-2-1-3-25(39-24)36-19-27(18-33)8-12-42-13-9-27)38-21-6-4-20(5-7-21)34-10-14-43-15-11-37-44(40,41)28(30,31)32/h1-3,16-17,20-21,34,37H,4-15,19H2,(H,35,38)(H,36,39). The molecule has 2 aromatic heterocycles. The molecule has 0 aromatic carbocycles. The Morgan fingerprint density at radius 2 is 1.80 bits per heavy atom. The minimum atomic E-state index is -5.35. The number of hydrogen-bond acceptors (Lipinski definition) is 10. The number of hydrogen-bond donors (Lipinski definition) is 4. The number of halogens is 4. The van der Waals surface area contributed by atoms with Gasteiger partial charge in [0.1, 0.15) is 11.6 Å². The highest BCUT2D eigenvalue weighted by Gasteiger charge is 2.45. The lowest BCUT2D eigenvalue weighted by molar-refractivity contribution is -0.0449. The molecule has 0 radical (unpaired) electrons. The van der Waals surface area contributed by atoms with E-state index in [2.05, 4.69) is 27.0 Å². The first-order valence-electron chi connectivity index (χ1n) is 14.5. The Balaban J connectivity index is 1.20. The van der Waals surface area contributed by atoms with Gasteiger partial charge in [0.2, 0.25) is 0 Å². The number of nitrogens with one attached hydrogen (secondary N) is 4. The Hall–Kier alpha value is -2.74. The van der Waals surface area contributed by atoms with Crippen LogP contribution in [-0.2, 0) is 19.5 Å². The molecule has 3 heterocycles. The van der Waals surface area contributed by atoms with Gasteiger partial charge in [-0.2, -0.15) is 18.4 Å². The number of alkyl halides is 3. The third-order valence-corrected chi connectivity index (χ3v) is 9.27. The van der Waals surface area contributed by atoms with Crippen LogP contribution in [0, 0.1) is 16.7 Å². The summed E-state index contributed by atoms with van der Waals surface area (Å²) in [5.74, 6) is 1.36. The predicted octanol–water partition coefficient (Wildman–Crippen LogP) is 4.30. The quantitative estimate of drug-likeness (QED) is 0.216. The van der Waals surface area contributed by atoms with Gasteiger partial charge in [-0.15, -0.1) is 0 Å². The molecular weight excluding hydrogens is 623 g/mol. The second-order valence-corrected chi connectivity index (χ2v) is 13.1. The summed E-state index contributed by atoms with van der Waals surface area (Å²) in [6.45, 7) is 1.79. The maximum atomic E-state index is 12.3. The van der Waals surface area contributed by atoms with Crippen LogP contribution in [0.2, 0.25) is 5.02 Å². The lowest BCUT2D eigenvalue weighted by Crippen LogP contribution is -2.39. The maximum Gasteiger partial charge on any atom is 0.511 e. The topological polar surface area (TPSA) is 150 Å². The van der Waals surface area contributed by atoms with Crippen LogP contribution in [0.25, 0.3) is 11.3 Å². The van der Waals surface area contributed by atoms with Gasteiger partial charge in [-0.05, 0) is 56.7 Å². The Morgan fingerprint density at radius 3 is 2.50 bits per heavy atom. The van der Waals surface area contributed by atoms with E-state index in [1.165, 1.54) is 4.72 Å². The van der Waals surface area contributed by atoms with Crippen LogP contribution in [0.15, 0.2) is 30.5 Å². The van der Waals surface area contributed by atoms with Crippen molar-refractivity contribution in [2.45, 2.75) is 56.1 Å². The van der Waals surface area contributed by atoms with Gasteiger partial charge in [-0.25, -0.2) is 23.1 Å². The van der Waals surface area contributed by atoms with Crippen LogP contribution in [0.1, 0.15) is 38.5 Å². The van der Waals surface area contributed by atoms with E-state index in [4.69, 9.17) is 26.1 Å². The van der Waals surface area contributed by atoms with Crippen molar-refractivity contribution in [3.05, 3.63) is 35.5 Å². The molecule has 44 heavy (non-hydrogen) atoms. The van der Waals surface area contributed by atoms with E-state index in [0.29, 0.717) is 61.5 Å². The normalized spacial score (nSPS) is 20.5. The Kier molecular flexibility index (Phi) is 12.0. The van der Waals surface area contributed by atoms with Crippen molar-refractivity contribution in [3.8, 4) is 17.3 Å². The van der Waals surface area contributed by atoms with Crippen molar-refractivity contribution in [1.29, 1.82) is 5.26 Å². The third-order valence-electron chi connectivity index (χ3n) is 7.78. The molecule has 2 aromatic rings. The van der Waals surface area contributed by atoms with Gasteiger partial charge >= 0.3 is 15.5 Å². The van der Waals surface area contributed by atoms with E-state index in [1.807, 2.05) is 24.3 Å². The lowest BCUT2D eigenvalue weighted by Gasteiger charge is -2.30. The second kappa shape index (κ2) is 15.5. The van der Waals surface area contributed by atoms with Gasteiger partial charge in [0.15, 0.2) is 0 Å². The first-order chi connectivity index (χ1) is 21.0. The third kappa shape index (κ3) is 9.63. The number of nitrogens with zero attached hydrogens (tertiary/aromatic N) is 3. The van der Waals surface area contributed by atoms with Crippen molar-refractivity contribution in [3.63, 3.8) is 0 Å². The summed E-state index contributed by atoms with van der Waals surface area (Å²) in [6, 6.07) is 10.5. The molecule has 1 aliphatic carbocycles. The van der Waals surface area contributed by atoms with Crippen LogP contribution in [0.5, 0.6) is 0 Å². The Bertz CT molecular complexity index is 1380. The molecule has 0 bridgehead atoms. The van der Waals surface area contributed by atoms with Crippen molar-refractivity contribution < 1.29 is 31.1 Å². The highest BCUT2D eigenvalue weighted by molar-refractivity contribution is 7.90. The molecule has 0 unspecified atom stereocenters. The molecule has 16 heteroatoms.